The van der Waals surface area contributed by atoms with E-state index in [9.17, 15) is 15.4 Å². The van der Waals surface area contributed by atoms with Crippen LogP contribution in [0.5, 0.6) is 5.88 Å². The van der Waals surface area contributed by atoms with Crippen LogP contribution in [0.15, 0.2) is 60.2 Å². The Morgan fingerprint density at radius 2 is 2.19 bits per heavy atom. The van der Waals surface area contributed by atoms with Crippen LogP contribution in [0.1, 0.15) is 17.0 Å². The third kappa shape index (κ3) is 2.65. The molecule has 0 amide bonds. The van der Waals surface area contributed by atoms with Crippen LogP contribution in [-0.4, -0.2) is 20.1 Å². The van der Waals surface area contributed by atoms with Gasteiger partial charge in [0.25, 0.3) is 5.69 Å². The van der Waals surface area contributed by atoms with Gasteiger partial charge in [0, 0.05) is 30.1 Å². The summed E-state index contributed by atoms with van der Waals surface area (Å²) >= 11 is 0. The van der Waals surface area contributed by atoms with Crippen molar-refractivity contribution < 1.29 is 9.66 Å². The lowest BCUT2D eigenvalue weighted by molar-refractivity contribution is -0.384. The number of rotatable bonds is 3. The Bertz CT molecular complexity index is 1110. The molecule has 9 heteroatoms. The number of aromatic amines is 1. The second-order valence-corrected chi connectivity index (χ2v) is 5.84. The van der Waals surface area contributed by atoms with E-state index >= 15 is 0 Å². The molecular weight excluding hydrogens is 348 g/mol. The maximum absolute atomic E-state index is 11.1. The fourth-order valence-electron chi connectivity index (χ4n) is 3.12. The molecule has 0 aliphatic carbocycles. The van der Waals surface area contributed by atoms with E-state index in [1.807, 2.05) is 6.07 Å². The molecule has 1 atom stereocenters. The third-order valence-corrected chi connectivity index (χ3v) is 4.30. The molecule has 27 heavy (non-hydrogen) atoms. The number of fused-ring (bicyclic) bond motifs is 1. The average molecular weight is 360 g/mol. The molecule has 3 aromatic rings. The van der Waals surface area contributed by atoms with Crippen LogP contribution >= 0.6 is 0 Å². The zero-order valence-corrected chi connectivity index (χ0v) is 13.8. The van der Waals surface area contributed by atoms with Gasteiger partial charge in [-0.15, -0.1) is 5.10 Å². The van der Waals surface area contributed by atoms with E-state index in [4.69, 9.17) is 10.5 Å². The molecule has 132 valence electrons. The van der Waals surface area contributed by atoms with E-state index in [-0.39, 0.29) is 23.0 Å². The minimum absolute atomic E-state index is 0.0315. The predicted molar refractivity (Wildman–Crippen MR) is 94.2 cm³/mol. The first-order valence-electron chi connectivity index (χ1n) is 7.90. The standard InChI is InChI=1S/C18H12N6O3/c19-8-13-14(11-4-2-6-21-9-11)15-16(22-23-18(15)27-17(13)20)10-3-1-5-12(7-10)24(25)26/h1-7,9,14H,20H2,(H,22,23). The summed E-state index contributed by atoms with van der Waals surface area (Å²) < 4.78 is 5.51. The summed E-state index contributed by atoms with van der Waals surface area (Å²) in [5, 5.41) is 27.7. The van der Waals surface area contributed by atoms with Crippen molar-refractivity contribution >= 4 is 5.69 Å². The quantitative estimate of drug-likeness (QED) is 0.539. The van der Waals surface area contributed by atoms with Crippen LogP contribution in [-0.2, 0) is 0 Å². The first kappa shape index (κ1) is 16.3. The van der Waals surface area contributed by atoms with Gasteiger partial charge in [-0.3, -0.25) is 20.2 Å². The number of allylic oxidation sites excluding steroid dienone is 1. The highest BCUT2D eigenvalue weighted by atomic mass is 16.6. The van der Waals surface area contributed by atoms with Crippen molar-refractivity contribution in [3.8, 4) is 23.2 Å². The topological polar surface area (TPSA) is 144 Å². The number of H-pyrrole nitrogens is 1. The van der Waals surface area contributed by atoms with Crippen LogP contribution in [0.3, 0.4) is 0 Å². The van der Waals surface area contributed by atoms with Gasteiger partial charge >= 0.3 is 0 Å². The van der Waals surface area contributed by atoms with Gasteiger partial charge in [0.1, 0.15) is 11.6 Å². The van der Waals surface area contributed by atoms with Gasteiger partial charge in [0.15, 0.2) is 0 Å². The van der Waals surface area contributed by atoms with Crippen molar-refractivity contribution in [2.45, 2.75) is 5.92 Å². The zero-order valence-electron chi connectivity index (χ0n) is 13.8. The van der Waals surface area contributed by atoms with Crippen molar-refractivity contribution in [1.29, 1.82) is 5.26 Å². The number of benzene rings is 1. The molecule has 0 spiro atoms. The van der Waals surface area contributed by atoms with E-state index < -0.39 is 10.8 Å². The second-order valence-electron chi connectivity index (χ2n) is 5.84. The smallest absolute Gasteiger partial charge is 0.270 e. The van der Waals surface area contributed by atoms with E-state index in [0.717, 1.165) is 5.56 Å². The fourth-order valence-corrected chi connectivity index (χ4v) is 3.12. The van der Waals surface area contributed by atoms with Gasteiger partial charge in [-0.05, 0) is 11.6 Å². The van der Waals surface area contributed by atoms with Gasteiger partial charge in [0.2, 0.25) is 11.8 Å². The first-order valence-corrected chi connectivity index (χ1v) is 7.90. The molecule has 4 rings (SSSR count). The number of non-ortho nitro benzene ring substituents is 1. The Hall–Kier alpha value is -4.19. The number of pyridine rings is 1. The molecule has 1 aliphatic heterocycles. The number of nitro benzene ring substituents is 1. The number of nitro groups is 1. The number of ether oxygens (including phenoxy) is 1. The maximum atomic E-state index is 11.1. The second kappa shape index (κ2) is 6.27. The Balaban J connectivity index is 1.94. The number of hydrogen-bond donors (Lipinski definition) is 2. The molecule has 0 fully saturated rings. The van der Waals surface area contributed by atoms with E-state index in [0.29, 0.717) is 16.8 Å². The summed E-state index contributed by atoms with van der Waals surface area (Å²) in [4.78, 5) is 14.8. The highest BCUT2D eigenvalue weighted by Crippen LogP contribution is 2.45. The summed E-state index contributed by atoms with van der Waals surface area (Å²) in [6.45, 7) is 0. The molecular formula is C18H12N6O3. The summed E-state index contributed by atoms with van der Waals surface area (Å²) in [7, 11) is 0. The maximum Gasteiger partial charge on any atom is 0.270 e. The van der Waals surface area contributed by atoms with E-state index in [1.54, 1.807) is 30.6 Å². The van der Waals surface area contributed by atoms with Gasteiger partial charge in [-0.1, -0.05) is 18.2 Å². The molecule has 1 aromatic carbocycles. The van der Waals surface area contributed by atoms with Crippen LogP contribution < -0.4 is 10.5 Å². The number of nitrogens with zero attached hydrogens (tertiary/aromatic N) is 4. The van der Waals surface area contributed by atoms with Crippen LogP contribution in [0, 0.1) is 21.4 Å². The number of nitriles is 1. The summed E-state index contributed by atoms with van der Waals surface area (Å²) in [6.07, 6.45) is 3.26. The SMILES string of the molecule is N#CC1=C(N)Oc2n[nH]c(-c3cccc([N+](=O)[O-])c3)c2C1c1cccnc1. The van der Waals surface area contributed by atoms with Crippen molar-refractivity contribution in [3.05, 3.63) is 81.5 Å². The third-order valence-electron chi connectivity index (χ3n) is 4.30. The molecule has 1 unspecified atom stereocenters. The number of nitrogens with one attached hydrogen (secondary N) is 1. The molecule has 3 N–H and O–H groups in total. The molecule has 0 radical (unpaired) electrons. The Morgan fingerprint density at radius 3 is 2.89 bits per heavy atom. The first-order chi connectivity index (χ1) is 13.1. The molecule has 3 heterocycles. The zero-order chi connectivity index (χ0) is 19.0. The van der Waals surface area contributed by atoms with Gasteiger partial charge < -0.3 is 10.5 Å². The number of nitrogens with two attached hydrogens (primary N) is 1. The molecule has 9 nitrogen and oxygen atoms in total. The lowest BCUT2D eigenvalue weighted by Crippen LogP contribution is -2.21. The Morgan fingerprint density at radius 1 is 1.33 bits per heavy atom. The van der Waals surface area contributed by atoms with E-state index in [2.05, 4.69) is 21.3 Å². The molecule has 0 bridgehead atoms. The van der Waals surface area contributed by atoms with Crippen molar-refractivity contribution in [2.75, 3.05) is 0 Å². The number of aromatic nitrogens is 3. The lowest BCUT2D eigenvalue weighted by atomic mass is 9.84. The Labute approximate surface area is 152 Å². The molecule has 2 aromatic heterocycles. The van der Waals surface area contributed by atoms with Crippen molar-refractivity contribution in [1.82, 2.24) is 15.2 Å². The van der Waals surface area contributed by atoms with Crippen molar-refractivity contribution in [2.24, 2.45) is 5.73 Å². The fraction of sp³-hybridized carbons (Fsp3) is 0.0556. The molecule has 0 saturated heterocycles. The monoisotopic (exact) mass is 360 g/mol. The predicted octanol–water partition coefficient (Wildman–Crippen LogP) is 2.60. The minimum Gasteiger partial charge on any atom is -0.420 e. The summed E-state index contributed by atoms with van der Waals surface area (Å²) in [6, 6.07) is 11.8. The molecule has 1 aliphatic rings. The number of hydrogen-bond acceptors (Lipinski definition) is 7. The normalized spacial score (nSPS) is 15.6. The van der Waals surface area contributed by atoms with Crippen LogP contribution in [0.2, 0.25) is 0 Å². The minimum atomic E-state index is -0.555. The lowest BCUT2D eigenvalue weighted by Gasteiger charge is -2.23. The largest absolute Gasteiger partial charge is 0.420 e. The van der Waals surface area contributed by atoms with Crippen LogP contribution in [0.4, 0.5) is 5.69 Å². The van der Waals surface area contributed by atoms with Gasteiger partial charge in [-0.25, -0.2) is 0 Å². The van der Waals surface area contributed by atoms with Crippen LogP contribution in [0.25, 0.3) is 11.3 Å². The summed E-state index contributed by atoms with van der Waals surface area (Å²) in [5.74, 6) is -0.363. The van der Waals surface area contributed by atoms with Crippen molar-refractivity contribution in [3.63, 3.8) is 0 Å². The molecule has 0 saturated carbocycles. The van der Waals surface area contributed by atoms with Gasteiger partial charge in [0.05, 0.1) is 22.1 Å². The highest BCUT2D eigenvalue weighted by Gasteiger charge is 2.35. The van der Waals surface area contributed by atoms with E-state index in [1.165, 1.54) is 12.1 Å². The Kier molecular flexibility index (Phi) is 3.78. The highest BCUT2D eigenvalue weighted by molar-refractivity contribution is 5.72. The summed E-state index contributed by atoms with van der Waals surface area (Å²) in [5.41, 5.74) is 8.46. The average Bonchev–Trinajstić information content (AvgIpc) is 3.11. The van der Waals surface area contributed by atoms with Gasteiger partial charge in [-0.2, -0.15) is 5.26 Å².